The van der Waals surface area contributed by atoms with E-state index in [4.69, 9.17) is 11.5 Å². The van der Waals surface area contributed by atoms with E-state index in [9.17, 15) is 0 Å². The Labute approximate surface area is 69.9 Å². The van der Waals surface area contributed by atoms with Gasteiger partial charge in [0.25, 0.3) is 0 Å². The van der Waals surface area contributed by atoms with Crippen LogP contribution in [0.15, 0.2) is 0 Å². The first-order valence-corrected chi connectivity index (χ1v) is 4.50. The van der Waals surface area contributed by atoms with Gasteiger partial charge in [-0.1, -0.05) is 0 Å². The molecule has 0 aliphatic rings. The predicted molar refractivity (Wildman–Crippen MR) is 49.2 cm³/mol. The molecule has 0 saturated carbocycles. The second kappa shape index (κ2) is 5.52. The zero-order chi connectivity index (χ0) is 8.74. The molecule has 0 fully saturated rings. The molecule has 0 radical (unpaired) electrons. The van der Waals surface area contributed by atoms with Gasteiger partial charge in [-0.2, -0.15) is 0 Å². The third-order valence-electron chi connectivity index (χ3n) is 2.55. The number of nitrogens with two attached hydrogens (primary N) is 2. The molecule has 0 aliphatic heterocycles. The van der Waals surface area contributed by atoms with Gasteiger partial charge in [0.15, 0.2) is 0 Å². The van der Waals surface area contributed by atoms with Crippen LogP contribution >= 0.6 is 0 Å². The maximum atomic E-state index is 5.54. The minimum atomic E-state index is 0.766. The molecule has 3 nitrogen and oxygen atoms in total. The molecule has 0 rings (SSSR count). The molecule has 4 N–H and O–H groups in total. The normalized spacial score (nSPS) is 12.0. The zero-order valence-electron chi connectivity index (χ0n) is 7.84. The largest absolute Gasteiger partial charge is 0.326 e. The quantitative estimate of drug-likeness (QED) is 0.527. The number of hydrogen-bond donors (Lipinski definition) is 2. The van der Waals surface area contributed by atoms with Crippen molar-refractivity contribution in [2.45, 2.75) is 13.8 Å². The Morgan fingerprint density at radius 1 is 0.909 bits per heavy atom. The van der Waals surface area contributed by atoms with E-state index in [0.717, 1.165) is 43.8 Å². The molecule has 11 heavy (non-hydrogen) atoms. The topological polar surface area (TPSA) is 52.0 Å². The van der Waals surface area contributed by atoms with Crippen molar-refractivity contribution in [2.75, 3.05) is 39.3 Å². The van der Waals surface area contributed by atoms with Crippen LogP contribution in [0.3, 0.4) is 0 Å². The Morgan fingerprint density at radius 2 is 1.27 bits per heavy atom. The first-order chi connectivity index (χ1) is 5.24. The molecular weight excluding hydrogens is 138 g/mol. The van der Waals surface area contributed by atoms with Crippen molar-refractivity contribution < 1.29 is 4.48 Å². The van der Waals surface area contributed by atoms with Crippen LogP contribution in [0.1, 0.15) is 13.8 Å². The van der Waals surface area contributed by atoms with Gasteiger partial charge >= 0.3 is 0 Å². The molecule has 0 aromatic heterocycles. The van der Waals surface area contributed by atoms with E-state index in [-0.39, 0.29) is 0 Å². The Morgan fingerprint density at radius 3 is 1.45 bits per heavy atom. The highest BCUT2D eigenvalue weighted by molar-refractivity contribution is 4.42. The Hall–Kier alpha value is -0.120. The summed E-state index contributed by atoms with van der Waals surface area (Å²) >= 11 is 0. The lowest BCUT2D eigenvalue weighted by Crippen LogP contribution is -2.53. The molecule has 0 saturated heterocycles. The van der Waals surface area contributed by atoms with Gasteiger partial charge in [-0.05, 0) is 13.8 Å². The molecule has 0 heterocycles. The third kappa shape index (κ3) is 3.18. The highest BCUT2D eigenvalue weighted by atomic mass is 15.3. The molecule has 0 amide bonds. The first kappa shape index (κ1) is 10.9. The van der Waals surface area contributed by atoms with Gasteiger partial charge in [0.2, 0.25) is 0 Å². The summed E-state index contributed by atoms with van der Waals surface area (Å²) in [5.74, 6) is 0. The zero-order valence-corrected chi connectivity index (χ0v) is 7.84. The fourth-order valence-electron chi connectivity index (χ4n) is 1.52. The van der Waals surface area contributed by atoms with Crippen LogP contribution in [-0.4, -0.2) is 43.8 Å². The third-order valence-corrected chi connectivity index (χ3v) is 2.55. The minimum Gasteiger partial charge on any atom is -0.326 e. The van der Waals surface area contributed by atoms with Gasteiger partial charge in [0.1, 0.15) is 0 Å². The van der Waals surface area contributed by atoms with Crippen molar-refractivity contribution in [1.82, 2.24) is 0 Å². The fraction of sp³-hybridized carbons (Fsp3) is 1.00. The standard InChI is InChI=1S/C8H22N3/c1-3-11(4-2,7-5-9)8-6-10/h3-10H2,1-2H3/q+1. The van der Waals surface area contributed by atoms with Crippen molar-refractivity contribution in [3.8, 4) is 0 Å². The molecule has 3 heteroatoms. The smallest absolute Gasteiger partial charge is 0.0911 e. The molecule has 0 spiro atoms. The summed E-state index contributed by atoms with van der Waals surface area (Å²) in [5, 5.41) is 0. The van der Waals surface area contributed by atoms with Gasteiger partial charge in [-0.15, -0.1) is 0 Å². The van der Waals surface area contributed by atoms with E-state index in [1.165, 1.54) is 0 Å². The van der Waals surface area contributed by atoms with E-state index in [2.05, 4.69) is 13.8 Å². The number of quaternary nitrogens is 1. The maximum absolute atomic E-state index is 5.54. The SMILES string of the molecule is CC[N+](CC)(CCN)CCN. The van der Waals surface area contributed by atoms with E-state index in [1.54, 1.807) is 0 Å². The summed E-state index contributed by atoms with van der Waals surface area (Å²) in [4.78, 5) is 0. The second-order valence-electron chi connectivity index (χ2n) is 3.00. The fourth-order valence-corrected chi connectivity index (χ4v) is 1.52. The lowest BCUT2D eigenvalue weighted by Gasteiger charge is -2.36. The lowest BCUT2D eigenvalue weighted by atomic mass is 10.3. The Balaban J connectivity index is 3.96. The predicted octanol–water partition coefficient (Wildman–Crippen LogP) is -0.240. The van der Waals surface area contributed by atoms with Crippen LogP contribution in [0.5, 0.6) is 0 Å². The molecular formula is C8H22N3+. The number of likely N-dealkylation sites (N-methyl/N-ethyl adjacent to an activating group) is 1. The Bertz CT molecular complexity index is 81.3. The average molecular weight is 160 g/mol. The van der Waals surface area contributed by atoms with Crippen molar-refractivity contribution in [3.05, 3.63) is 0 Å². The van der Waals surface area contributed by atoms with E-state index in [1.807, 2.05) is 0 Å². The van der Waals surface area contributed by atoms with Crippen LogP contribution in [0.4, 0.5) is 0 Å². The summed E-state index contributed by atoms with van der Waals surface area (Å²) in [6.45, 7) is 10.3. The highest BCUT2D eigenvalue weighted by Crippen LogP contribution is 2.03. The summed E-state index contributed by atoms with van der Waals surface area (Å²) in [6.07, 6.45) is 0. The summed E-state index contributed by atoms with van der Waals surface area (Å²) < 4.78 is 1.08. The van der Waals surface area contributed by atoms with Crippen molar-refractivity contribution in [3.63, 3.8) is 0 Å². The summed E-state index contributed by atoms with van der Waals surface area (Å²) in [6, 6.07) is 0. The van der Waals surface area contributed by atoms with Crippen LogP contribution in [0.2, 0.25) is 0 Å². The minimum absolute atomic E-state index is 0.766. The van der Waals surface area contributed by atoms with Crippen LogP contribution in [0, 0.1) is 0 Å². The van der Waals surface area contributed by atoms with Crippen LogP contribution in [0.25, 0.3) is 0 Å². The highest BCUT2D eigenvalue weighted by Gasteiger charge is 2.20. The van der Waals surface area contributed by atoms with Gasteiger partial charge in [-0.3, -0.25) is 0 Å². The summed E-state index contributed by atoms with van der Waals surface area (Å²) in [5.41, 5.74) is 11.1. The van der Waals surface area contributed by atoms with E-state index >= 15 is 0 Å². The molecule has 0 unspecified atom stereocenters. The van der Waals surface area contributed by atoms with Crippen LogP contribution < -0.4 is 11.5 Å². The molecule has 0 aromatic carbocycles. The number of hydrogen-bond acceptors (Lipinski definition) is 2. The van der Waals surface area contributed by atoms with Crippen molar-refractivity contribution in [2.24, 2.45) is 11.5 Å². The van der Waals surface area contributed by atoms with Gasteiger partial charge < -0.3 is 16.0 Å². The van der Waals surface area contributed by atoms with Crippen LogP contribution in [-0.2, 0) is 0 Å². The summed E-state index contributed by atoms with van der Waals surface area (Å²) in [7, 11) is 0. The number of nitrogens with zero attached hydrogens (tertiary/aromatic N) is 1. The molecule has 0 bridgehead atoms. The number of rotatable bonds is 6. The van der Waals surface area contributed by atoms with Gasteiger partial charge in [0.05, 0.1) is 26.2 Å². The van der Waals surface area contributed by atoms with Crippen molar-refractivity contribution in [1.29, 1.82) is 0 Å². The monoisotopic (exact) mass is 160 g/mol. The second-order valence-corrected chi connectivity index (χ2v) is 3.00. The molecule has 0 aliphatic carbocycles. The maximum Gasteiger partial charge on any atom is 0.0911 e. The first-order valence-electron chi connectivity index (χ1n) is 4.50. The van der Waals surface area contributed by atoms with Crippen molar-refractivity contribution >= 4 is 0 Å². The Kier molecular flexibility index (Phi) is 5.46. The average Bonchev–Trinajstić information content (AvgIpc) is 2.04. The van der Waals surface area contributed by atoms with Gasteiger partial charge in [-0.25, -0.2) is 0 Å². The molecule has 68 valence electrons. The molecule has 0 atom stereocenters. The van der Waals surface area contributed by atoms with E-state index < -0.39 is 0 Å². The van der Waals surface area contributed by atoms with E-state index in [0.29, 0.717) is 0 Å². The van der Waals surface area contributed by atoms with Gasteiger partial charge in [0, 0.05) is 13.1 Å². The molecule has 0 aromatic rings. The lowest BCUT2D eigenvalue weighted by molar-refractivity contribution is -0.922.